The molecule has 0 N–H and O–H groups in total. The van der Waals surface area contributed by atoms with E-state index in [4.69, 9.17) is 14.2 Å². The molecule has 4 nitrogen and oxygen atoms in total. The fourth-order valence-corrected chi connectivity index (χ4v) is 1.38. The lowest BCUT2D eigenvalue weighted by molar-refractivity contribution is -0.259. The summed E-state index contributed by atoms with van der Waals surface area (Å²) >= 11 is 0. The minimum Gasteiger partial charge on any atom is -0.466 e. The van der Waals surface area contributed by atoms with Crippen molar-refractivity contribution < 1.29 is 19.0 Å². The molecular weight excluding hydrogens is 184 g/mol. The van der Waals surface area contributed by atoms with Gasteiger partial charge in [0.25, 0.3) is 0 Å². The number of hydrogen-bond acceptors (Lipinski definition) is 4. The van der Waals surface area contributed by atoms with Gasteiger partial charge in [-0.2, -0.15) is 0 Å². The van der Waals surface area contributed by atoms with Crippen molar-refractivity contribution in [1.29, 1.82) is 0 Å². The van der Waals surface area contributed by atoms with Crippen LogP contribution in [0.15, 0.2) is 0 Å². The molecule has 82 valence electrons. The summed E-state index contributed by atoms with van der Waals surface area (Å²) in [7, 11) is 0. The predicted octanol–water partition coefficient (Wildman–Crippen LogP) is 1.48. The van der Waals surface area contributed by atoms with E-state index in [-0.39, 0.29) is 5.97 Å². The van der Waals surface area contributed by atoms with Gasteiger partial charge < -0.3 is 14.2 Å². The molecule has 1 rings (SSSR count). The lowest BCUT2D eigenvalue weighted by Gasteiger charge is -2.33. The van der Waals surface area contributed by atoms with Crippen LogP contribution in [-0.4, -0.2) is 31.6 Å². The van der Waals surface area contributed by atoms with Crippen molar-refractivity contribution in [2.45, 2.75) is 38.9 Å². The van der Waals surface area contributed by atoms with Crippen LogP contribution in [0.25, 0.3) is 0 Å². The Kier molecular flexibility index (Phi) is 4.35. The lowest BCUT2D eigenvalue weighted by atomic mass is 10.1. The molecule has 0 aliphatic carbocycles. The Morgan fingerprint density at radius 1 is 1.43 bits per heavy atom. The molecule has 1 aliphatic heterocycles. The zero-order valence-corrected chi connectivity index (χ0v) is 8.88. The number of hydrogen-bond donors (Lipinski definition) is 0. The quantitative estimate of drug-likeness (QED) is 0.648. The smallest absolute Gasteiger partial charge is 0.305 e. The molecule has 1 saturated heterocycles. The largest absolute Gasteiger partial charge is 0.466 e. The highest BCUT2D eigenvalue weighted by atomic mass is 16.7. The molecule has 0 amide bonds. The molecule has 4 heteroatoms. The molecule has 0 radical (unpaired) electrons. The Hall–Kier alpha value is -0.610. The van der Waals surface area contributed by atoms with Crippen LogP contribution in [-0.2, 0) is 19.0 Å². The van der Waals surface area contributed by atoms with Gasteiger partial charge in [0, 0.05) is 6.42 Å². The molecular formula is C10H18O4. The first-order chi connectivity index (χ1) is 6.66. The molecule has 0 saturated carbocycles. The van der Waals surface area contributed by atoms with E-state index in [0.29, 0.717) is 32.7 Å². The summed E-state index contributed by atoms with van der Waals surface area (Å²) in [6.07, 6.45) is 1.84. The zero-order chi connectivity index (χ0) is 10.4. The van der Waals surface area contributed by atoms with Gasteiger partial charge in [0.2, 0.25) is 0 Å². The van der Waals surface area contributed by atoms with Crippen LogP contribution in [0.2, 0.25) is 0 Å². The molecule has 0 bridgehead atoms. The van der Waals surface area contributed by atoms with Crippen molar-refractivity contribution in [2.24, 2.45) is 0 Å². The highest BCUT2D eigenvalue weighted by molar-refractivity contribution is 5.69. The van der Waals surface area contributed by atoms with Gasteiger partial charge in [-0.25, -0.2) is 0 Å². The molecule has 1 aliphatic rings. The maximum absolute atomic E-state index is 11.1. The first-order valence-electron chi connectivity index (χ1n) is 5.10. The van der Waals surface area contributed by atoms with Crippen molar-refractivity contribution in [3.05, 3.63) is 0 Å². The summed E-state index contributed by atoms with van der Waals surface area (Å²) in [5.41, 5.74) is 0. The number of esters is 1. The number of carbonyl (C=O) groups excluding carboxylic acids is 1. The normalized spacial score (nSPS) is 20.4. The molecule has 14 heavy (non-hydrogen) atoms. The SMILES string of the molecule is CCOC(=O)CCC1(C)OCCCO1. The van der Waals surface area contributed by atoms with Crippen LogP contribution < -0.4 is 0 Å². The summed E-state index contributed by atoms with van der Waals surface area (Å²) in [6, 6.07) is 0. The van der Waals surface area contributed by atoms with E-state index in [1.54, 1.807) is 6.92 Å². The third kappa shape index (κ3) is 3.64. The number of rotatable bonds is 4. The van der Waals surface area contributed by atoms with Gasteiger partial charge in [-0.1, -0.05) is 0 Å². The predicted molar refractivity (Wildman–Crippen MR) is 50.8 cm³/mol. The van der Waals surface area contributed by atoms with Gasteiger partial charge in [-0.15, -0.1) is 0 Å². The van der Waals surface area contributed by atoms with Gasteiger partial charge in [-0.05, 0) is 20.3 Å². The summed E-state index contributed by atoms with van der Waals surface area (Å²) in [6.45, 7) is 5.51. The fraction of sp³-hybridized carbons (Fsp3) is 0.900. The van der Waals surface area contributed by atoms with Gasteiger partial charge in [-0.3, -0.25) is 4.79 Å². The van der Waals surface area contributed by atoms with E-state index >= 15 is 0 Å². The second kappa shape index (κ2) is 5.32. The Balaban J connectivity index is 2.24. The van der Waals surface area contributed by atoms with Crippen LogP contribution in [0.5, 0.6) is 0 Å². The minimum atomic E-state index is -0.592. The van der Waals surface area contributed by atoms with E-state index in [9.17, 15) is 4.79 Å². The fourth-order valence-electron chi connectivity index (χ4n) is 1.38. The second-order valence-electron chi connectivity index (χ2n) is 3.49. The first-order valence-corrected chi connectivity index (χ1v) is 5.10. The second-order valence-corrected chi connectivity index (χ2v) is 3.49. The lowest BCUT2D eigenvalue weighted by Crippen LogP contribution is -2.38. The standard InChI is InChI=1S/C10H18O4/c1-3-12-9(11)5-6-10(2)13-7-4-8-14-10/h3-8H2,1-2H3. The minimum absolute atomic E-state index is 0.188. The van der Waals surface area contributed by atoms with Crippen molar-refractivity contribution in [2.75, 3.05) is 19.8 Å². The Labute approximate surface area is 84.5 Å². The first kappa shape index (κ1) is 11.5. The molecule has 0 aromatic heterocycles. The number of carbonyl (C=O) groups is 1. The zero-order valence-electron chi connectivity index (χ0n) is 8.88. The maximum atomic E-state index is 11.1. The molecule has 1 heterocycles. The van der Waals surface area contributed by atoms with Gasteiger partial charge >= 0.3 is 5.97 Å². The van der Waals surface area contributed by atoms with Gasteiger partial charge in [0.15, 0.2) is 5.79 Å². The Morgan fingerprint density at radius 2 is 2.07 bits per heavy atom. The summed E-state index contributed by atoms with van der Waals surface area (Å²) in [4.78, 5) is 11.1. The molecule has 1 fully saturated rings. The van der Waals surface area contributed by atoms with E-state index in [2.05, 4.69) is 0 Å². The van der Waals surface area contributed by atoms with Crippen LogP contribution in [0.4, 0.5) is 0 Å². The molecule has 0 atom stereocenters. The highest BCUT2D eigenvalue weighted by Crippen LogP contribution is 2.23. The third-order valence-corrected chi connectivity index (χ3v) is 2.19. The Bertz CT molecular complexity index is 185. The van der Waals surface area contributed by atoms with Crippen molar-refractivity contribution in [1.82, 2.24) is 0 Å². The molecule has 0 spiro atoms. The van der Waals surface area contributed by atoms with Gasteiger partial charge in [0.05, 0.1) is 26.2 Å². The molecule has 0 aromatic carbocycles. The van der Waals surface area contributed by atoms with Crippen molar-refractivity contribution in [3.63, 3.8) is 0 Å². The summed E-state index contributed by atoms with van der Waals surface area (Å²) in [5.74, 6) is -0.781. The Morgan fingerprint density at radius 3 is 2.64 bits per heavy atom. The van der Waals surface area contributed by atoms with Crippen molar-refractivity contribution >= 4 is 5.97 Å². The summed E-state index contributed by atoms with van der Waals surface area (Å²) < 4.78 is 15.8. The number of ether oxygens (including phenoxy) is 3. The van der Waals surface area contributed by atoms with Crippen LogP contribution in [0.1, 0.15) is 33.1 Å². The average Bonchev–Trinajstić information content (AvgIpc) is 2.17. The highest BCUT2D eigenvalue weighted by Gasteiger charge is 2.29. The van der Waals surface area contributed by atoms with Crippen LogP contribution in [0, 0.1) is 0 Å². The summed E-state index contributed by atoms with van der Waals surface area (Å²) in [5, 5.41) is 0. The van der Waals surface area contributed by atoms with Crippen LogP contribution in [0.3, 0.4) is 0 Å². The van der Waals surface area contributed by atoms with Crippen molar-refractivity contribution in [3.8, 4) is 0 Å². The van der Waals surface area contributed by atoms with E-state index < -0.39 is 5.79 Å². The van der Waals surface area contributed by atoms with E-state index in [1.807, 2.05) is 6.92 Å². The topological polar surface area (TPSA) is 44.8 Å². The van der Waals surface area contributed by atoms with E-state index in [1.165, 1.54) is 0 Å². The van der Waals surface area contributed by atoms with E-state index in [0.717, 1.165) is 6.42 Å². The monoisotopic (exact) mass is 202 g/mol. The van der Waals surface area contributed by atoms with Crippen LogP contribution >= 0.6 is 0 Å². The third-order valence-electron chi connectivity index (χ3n) is 2.19. The molecule has 0 unspecified atom stereocenters. The molecule has 0 aromatic rings. The van der Waals surface area contributed by atoms with Gasteiger partial charge in [0.1, 0.15) is 0 Å². The maximum Gasteiger partial charge on any atom is 0.305 e. The average molecular weight is 202 g/mol.